The fourth-order valence-corrected chi connectivity index (χ4v) is 3.28. The van der Waals surface area contributed by atoms with E-state index in [1.807, 2.05) is 30.3 Å². The molecule has 0 aliphatic carbocycles. The standard InChI is InChI=1S/C19H19N5O2/c25-17-8-4-7-15(21-17)19(26)20-14-9-10-16-22-23-18(24(16)12-11-14)13-5-2-1-3-6-13/h1-8,14H,9-12H2,(H,20,26)(H,21,25). The second kappa shape index (κ2) is 6.95. The number of nitrogens with zero attached hydrogens (tertiary/aromatic N) is 3. The third-order valence-electron chi connectivity index (χ3n) is 4.63. The van der Waals surface area contributed by atoms with Crippen LogP contribution in [-0.2, 0) is 13.0 Å². The van der Waals surface area contributed by atoms with Gasteiger partial charge in [0, 0.05) is 30.6 Å². The Bertz CT molecular complexity index is 977. The maximum Gasteiger partial charge on any atom is 0.268 e. The smallest absolute Gasteiger partial charge is 0.268 e. The number of aryl methyl sites for hydroxylation is 1. The van der Waals surface area contributed by atoms with Crippen LogP contribution < -0.4 is 10.9 Å². The molecule has 1 amide bonds. The zero-order valence-corrected chi connectivity index (χ0v) is 14.2. The van der Waals surface area contributed by atoms with E-state index in [4.69, 9.17) is 0 Å². The largest absolute Gasteiger partial charge is 0.348 e. The van der Waals surface area contributed by atoms with Gasteiger partial charge in [-0.3, -0.25) is 9.59 Å². The number of carbonyl (C=O) groups is 1. The van der Waals surface area contributed by atoms with Gasteiger partial charge in [0.05, 0.1) is 0 Å². The molecule has 132 valence electrons. The van der Waals surface area contributed by atoms with E-state index >= 15 is 0 Å². The number of carbonyl (C=O) groups excluding carboxylic acids is 1. The molecule has 2 aromatic heterocycles. The molecule has 0 bridgehead atoms. The number of aromatic amines is 1. The highest BCUT2D eigenvalue weighted by molar-refractivity contribution is 5.92. The molecule has 1 aliphatic heterocycles. The zero-order valence-electron chi connectivity index (χ0n) is 14.2. The molecule has 1 atom stereocenters. The van der Waals surface area contributed by atoms with Gasteiger partial charge in [-0.25, -0.2) is 0 Å². The van der Waals surface area contributed by atoms with Crippen LogP contribution in [0, 0.1) is 0 Å². The normalized spacial score (nSPS) is 16.5. The third kappa shape index (κ3) is 3.28. The minimum Gasteiger partial charge on any atom is -0.348 e. The predicted octanol–water partition coefficient (Wildman–Crippen LogP) is 1.77. The van der Waals surface area contributed by atoms with Gasteiger partial charge in [-0.05, 0) is 18.9 Å². The quantitative estimate of drug-likeness (QED) is 0.754. The van der Waals surface area contributed by atoms with Gasteiger partial charge in [0.1, 0.15) is 11.5 Å². The lowest BCUT2D eigenvalue weighted by atomic mass is 10.1. The predicted molar refractivity (Wildman–Crippen MR) is 96.7 cm³/mol. The molecule has 1 aromatic carbocycles. The van der Waals surface area contributed by atoms with Crippen LogP contribution in [0.25, 0.3) is 11.4 Å². The number of benzene rings is 1. The number of aromatic nitrogens is 4. The van der Waals surface area contributed by atoms with Gasteiger partial charge in [-0.2, -0.15) is 0 Å². The van der Waals surface area contributed by atoms with Crippen LogP contribution in [0.1, 0.15) is 29.2 Å². The van der Waals surface area contributed by atoms with Crippen molar-refractivity contribution in [2.45, 2.75) is 31.8 Å². The van der Waals surface area contributed by atoms with Crippen molar-refractivity contribution in [3.05, 3.63) is 70.4 Å². The molecule has 2 N–H and O–H groups in total. The Morgan fingerprint density at radius 2 is 1.92 bits per heavy atom. The Morgan fingerprint density at radius 1 is 1.08 bits per heavy atom. The summed E-state index contributed by atoms with van der Waals surface area (Å²) >= 11 is 0. The van der Waals surface area contributed by atoms with Gasteiger partial charge in [0.2, 0.25) is 5.56 Å². The maximum atomic E-state index is 12.4. The molecule has 0 saturated carbocycles. The zero-order chi connectivity index (χ0) is 17.9. The van der Waals surface area contributed by atoms with Crippen LogP contribution in [0.15, 0.2) is 53.3 Å². The monoisotopic (exact) mass is 349 g/mol. The Balaban J connectivity index is 1.48. The van der Waals surface area contributed by atoms with Gasteiger partial charge >= 0.3 is 0 Å². The first-order valence-electron chi connectivity index (χ1n) is 8.68. The Kier molecular flexibility index (Phi) is 4.35. The first-order valence-corrected chi connectivity index (χ1v) is 8.68. The van der Waals surface area contributed by atoms with Crippen molar-refractivity contribution in [2.24, 2.45) is 0 Å². The summed E-state index contributed by atoms with van der Waals surface area (Å²) in [5, 5.41) is 11.7. The first-order chi connectivity index (χ1) is 12.7. The molecule has 26 heavy (non-hydrogen) atoms. The van der Waals surface area contributed by atoms with Gasteiger partial charge in [-0.1, -0.05) is 36.4 Å². The molecule has 7 heteroatoms. The summed E-state index contributed by atoms with van der Waals surface area (Å²) in [6.45, 7) is 0.739. The minimum atomic E-state index is -0.280. The van der Waals surface area contributed by atoms with E-state index in [0.717, 1.165) is 43.0 Å². The van der Waals surface area contributed by atoms with Gasteiger partial charge in [0.25, 0.3) is 5.91 Å². The summed E-state index contributed by atoms with van der Waals surface area (Å²) in [4.78, 5) is 26.3. The number of amides is 1. The van der Waals surface area contributed by atoms with Crippen molar-refractivity contribution in [3.63, 3.8) is 0 Å². The molecule has 1 aliphatic rings. The van der Waals surface area contributed by atoms with Crippen molar-refractivity contribution in [3.8, 4) is 11.4 Å². The number of fused-ring (bicyclic) bond motifs is 1. The van der Waals surface area contributed by atoms with Gasteiger partial charge in [0.15, 0.2) is 5.82 Å². The van der Waals surface area contributed by atoms with Crippen molar-refractivity contribution in [1.29, 1.82) is 0 Å². The number of pyridine rings is 1. The number of hydrogen-bond acceptors (Lipinski definition) is 4. The summed E-state index contributed by atoms with van der Waals surface area (Å²) in [7, 11) is 0. The molecular formula is C19H19N5O2. The van der Waals surface area contributed by atoms with Crippen molar-refractivity contribution < 1.29 is 4.79 Å². The van der Waals surface area contributed by atoms with Crippen LogP contribution in [0.5, 0.6) is 0 Å². The number of nitrogens with one attached hydrogen (secondary N) is 2. The van der Waals surface area contributed by atoms with E-state index in [9.17, 15) is 9.59 Å². The maximum absolute atomic E-state index is 12.4. The highest BCUT2D eigenvalue weighted by atomic mass is 16.2. The van der Waals surface area contributed by atoms with Crippen LogP contribution in [-0.4, -0.2) is 31.7 Å². The Morgan fingerprint density at radius 3 is 2.73 bits per heavy atom. The number of hydrogen-bond donors (Lipinski definition) is 2. The first kappa shape index (κ1) is 16.3. The van der Waals surface area contributed by atoms with Crippen LogP contribution in [0.3, 0.4) is 0 Å². The molecule has 0 spiro atoms. The molecule has 7 nitrogen and oxygen atoms in total. The third-order valence-corrected chi connectivity index (χ3v) is 4.63. The van der Waals surface area contributed by atoms with E-state index in [1.165, 1.54) is 6.07 Å². The van der Waals surface area contributed by atoms with Crippen molar-refractivity contribution >= 4 is 5.91 Å². The fraction of sp³-hybridized carbons (Fsp3) is 0.263. The molecule has 3 aromatic rings. The fourth-order valence-electron chi connectivity index (χ4n) is 3.28. The molecule has 4 rings (SSSR count). The van der Waals surface area contributed by atoms with E-state index in [0.29, 0.717) is 0 Å². The minimum absolute atomic E-state index is 0.0246. The molecule has 0 saturated heterocycles. The van der Waals surface area contributed by atoms with E-state index in [-0.39, 0.29) is 23.2 Å². The summed E-state index contributed by atoms with van der Waals surface area (Å²) in [6.07, 6.45) is 2.32. The number of H-pyrrole nitrogens is 1. The highest BCUT2D eigenvalue weighted by Gasteiger charge is 2.22. The van der Waals surface area contributed by atoms with Crippen molar-refractivity contribution in [2.75, 3.05) is 0 Å². The lowest BCUT2D eigenvalue weighted by molar-refractivity contribution is 0.0927. The van der Waals surface area contributed by atoms with E-state index in [1.54, 1.807) is 12.1 Å². The molecule has 1 unspecified atom stereocenters. The van der Waals surface area contributed by atoms with Crippen molar-refractivity contribution in [1.82, 2.24) is 25.1 Å². The van der Waals surface area contributed by atoms with E-state index in [2.05, 4.69) is 25.1 Å². The average Bonchev–Trinajstić information content (AvgIpc) is 2.97. The molecule has 0 fully saturated rings. The summed E-state index contributed by atoms with van der Waals surface area (Å²) in [6, 6.07) is 14.6. The second-order valence-electron chi connectivity index (χ2n) is 6.38. The highest BCUT2D eigenvalue weighted by Crippen LogP contribution is 2.22. The van der Waals surface area contributed by atoms with Gasteiger partial charge < -0.3 is 14.9 Å². The second-order valence-corrected chi connectivity index (χ2v) is 6.38. The van der Waals surface area contributed by atoms with Crippen LogP contribution in [0.4, 0.5) is 0 Å². The summed E-state index contributed by atoms with van der Waals surface area (Å²) < 4.78 is 2.13. The lowest BCUT2D eigenvalue weighted by Crippen LogP contribution is -2.36. The topological polar surface area (TPSA) is 92.7 Å². The van der Waals surface area contributed by atoms with E-state index < -0.39 is 0 Å². The van der Waals surface area contributed by atoms with Crippen LogP contribution >= 0.6 is 0 Å². The van der Waals surface area contributed by atoms with Gasteiger partial charge in [-0.15, -0.1) is 10.2 Å². The Labute approximate surface area is 150 Å². The molecule has 0 radical (unpaired) electrons. The molecular weight excluding hydrogens is 330 g/mol. The summed E-state index contributed by atoms with van der Waals surface area (Å²) in [5.74, 6) is 1.54. The number of rotatable bonds is 3. The SMILES string of the molecule is O=C(NC1CCc2nnc(-c3ccccc3)n2CC1)c1cccc(=O)[nH]1. The lowest BCUT2D eigenvalue weighted by Gasteiger charge is -2.16. The average molecular weight is 349 g/mol. The molecule has 3 heterocycles. The summed E-state index contributed by atoms with van der Waals surface area (Å²) in [5.41, 5.74) is 1.04. The Hall–Kier alpha value is -3.22. The van der Waals surface area contributed by atoms with Crippen LogP contribution in [0.2, 0.25) is 0 Å².